The third-order valence-electron chi connectivity index (χ3n) is 7.23. The molecule has 1 aromatic rings. The van der Waals surface area contributed by atoms with Gasteiger partial charge in [-0.05, 0) is 73.1 Å². The number of fused-ring (bicyclic) bond motifs is 5. The zero-order chi connectivity index (χ0) is 19.3. The highest BCUT2D eigenvalue weighted by Gasteiger charge is 2.59. The summed E-state index contributed by atoms with van der Waals surface area (Å²) in [5.41, 5.74) is 2.44. The van der Waals surface area contributed by atoms with Crippen LogP contribution in [0.4, 0.5) is 0 Å². The van der Waals surface area contributed by atoms with Crippen LogP contribution in [0.15, 0.2) is 18.2 Å². The maximum atomic E-state index is 11.4. The fraction of sp³-hybridized carbons (Fsp3) is 0.636. The minimum Gasteiger partial charge on any atom is -0.460 e. The summed E-state index contributed by atoms with van der Waals surface area (Å²) >= 11 is 0. The maximum absolute atomic E-state index is 11.4. The van der Waals surface area contributed by atoms with E-state index in [1.54, 1.807) is 0 Å². The highest BCUT2D eigenvalue weighted by Crippen LogP contribution is 2.61. The lowest BCUT2D eigenvalue weighted by atomic mass is 9.55. The molecule has 3 aliphatic rings. The molecule has 5 nitrogen and oxygen atoms in total. The Labute approximate surface area is 160 Å². The maximum Gasteiger partial charge on any atom is 0.308 e. The lowest BCUT2D eigenvalue weighted by Crippen LogP contribution is -2.45. The molecule has 27 heavy (non-hydrogen) atoms. The summed E-state index contributed by atoms with van der Waals surface area (Å²) in [6.45, 7) is 5.00. The van der Waals surface area contributed by atoms with E-state index in [1.807, 2.05) is 12.1 Å². The summed E-state index contributed by atoms with van der Waals surface area (Å²) in [6, 6.07) is 6.01. The van der Waals surface area contributed by atoms with Gasteiger partial charge in [0, 0.05) is 19.3 Å². The number of rotatable bonds is 2. The Morgan fingerprint density at radius 2 is 1.96 bits per heavy atom. The van der Waals surface area contributed by atoms with E-state index in [0.717, 1.165) is 32.1 Å². The smallest absolute Gasteiger partial charge is 0.308 e. The fourth-order valence-electron chi connectivity index (χ4n) is 6.08. The first-order valence-corrected chi connectivity index (χ1v) is 9.96. The molecule has 6 atom stereocenters. The predicted molar refractivity (Wildman–Crippen MR) is 99.3 cm³/mol. The van der Waals surface area contributed by atoms with Gasteiger partial charge in [-0.15, -0.1) is 0 Å². The third kappa shape index (κ3) is 3.06. The van der Waals surface area contributed by atoms with E-state index in [4.69, 9.17) is 9.47 Å². The number of benzene rings is 1. The molecule has 3 unspecified atom stereocenters. The van der Waals surface area contributed by atoms with E-state index in [0.29, 0.717) is 23.5 Å². The van der Waals surface area contributed by atoms with Crippen molar-refractivity contribution in [3.05, 3.63) is 29.3 Å². The first-order valence-electron chi connectivity index (χ1n) is 9.96. The van der Waals surface area contributed by atoms with E-state index in [1.165, 1.54) is 25.0 Å². The second kappa shape index (κ2) is 6.62. The number of aryl methyl sites for hydroxylation is 1. The van der Waals surface area contributed by atoms with E-state index < -0.39 is 6.10 Å². The van der Waals surface area contributed by atoms with Crippen LogP contribution in [0.3, 0.4) is 0 Å². The number of hydrogen-bond acceptors (Lipinski definition) is 5. The normalized spacial score (nSPS) is 37.0. The molecule has 0 bridgehead atoms. The van der Waals surface area contributed by atoms with Gasteiger partial charge in [-0.1, -0.05) is 13.0 Å². The topological polar surface area (TPSA) is 72.8 Å². The number of carbonyl (C=O) groups excluding carboxylic acids is 2. The van der Waals surface area contributed by atoms with E-state index in [2.05, 4.69) is 13.0 Å². The average molecular weight is 372 g/mol. The van der Waals surface area contributed by atoms with Crippen molar-refractivity contribution >= 4 is 11.9 Å². The quantitative estimate of drug-likeness (QED) is 0.636. The minimum atomic E-state index is -0.583. The highest BCUT2D eigenvalue weighted by molar-refractivity contribution is 5.69. The number of ether oxygens (including phenoxy) is 2. The summed E-state index contributed by atoms with van der Waals surface area (Å²) in [4.78, 5) is 22.7. The molecule has 2 saturated carbocycles. The summed E-state index contributed by atoms with van der Waals surface area (Å²) in [5.74, 6) is 1.31. The molecular formula is C22H28O5. The van der Waals surface area contributed by atoms with Gasteiger partial charge in [0.2, 0.25) is 0 Å². The molecule has 0 spiro atoms. The minimum absolute atomic E-state index is 0.184. The molecule has 146 valence electrons. The van der Waals surface area contributed by atoms with Crippen molar-refractivity contribution in [3.63, 3.8) is 0 Å². The Bertz CT molecular complexity index is 772. The Kier molecular flexibility index (Phi) is 4.53. The average Bonchev–Trinajstić information content (AvgIpc) is 2.85. The lowest BCUT2D eigenvalue weighted by Gasteiger charge is -2.49. The number of carbonyl (C=O) groups is 2. The second-order valence-corrected chi connectivity index (χ2v) is 8.74. The monoisotopic (exact) mass is 372 g/mol. The van der Waals surface area contributed by atoms with Gasteiger partial charge in [-0.25, -0.2) is 0 Å². The zero-order valence-electron chi connectivity index (χ0n) is 16.2. The van der Waals surface area contributed by atoms with Gasteiger partial charge in [0.25, 0.3) is 0 Å². The van der Waals surface area contributed by atoms with Crippen LogP contribution in [0.2, 0.25) is 0 Å². The summed E-state index contributed by atoms with van der Waals surface area (Å²) in [7, 11) is 0. The van der Waals surface area contributed by atoms with Gasteiger partial charge in [0.05, 0.1) is 6.10 Å². The second-order valence-electron chi connectivity index (χ2n) is 8.74. The van der Waals surface area contributed by atoms with Crippen molar-refractivity contribution in [3.8, 4) is 5.75 Å². The predicted octanol–water partition coefficient (Wildman–Crippen LogP) is 3.37. The van der Waals surface area contributed by atoms with E-state index >= 15 is 0 Å². The number of hydrogen-bond donors (Lipinski definition) is 1. The molecule has 0 aromatic heterocycles. The number of aliphatic hydroxyl groups is 1. The largest absolute Gasteiger partial charge is 0.460 e. The Morgan fingerprint density at radius 3 is 2.67 bits per heavy atom. The van der Waals surface area contributed by atoms with Gasteiger partial charge >= 0.3 is 11.9 Å². The molecule has 1 aromatic carbocycles. The molecule has 0 radical (unpaired) electrons. The van der Waals surface area contributed by atoms with Crippen LogP contribution in [0.5, 0.6) is 5.75 Å². The van der Waals surface area contributed by atoms with Crippen molar-refractivity contribution in [2.24, 2.45) is 17.3 Å². The van der Waals surface area contributed by atoms with Gasteiger partial charge in [0.1, 0.15) is 11.9 Å². The third-order valence-corrected chi connectivity index (χ3v) is 7.23. The molecule has 0 heterocycles. The standard InChI is InChI=1S/C22H28O5/c1-12(23)26-15-5-7-16-14(10-15)4-6-18-17(16)8-9-22(3)19(18)11-20(21(22)25)27-13(2)24/h5,7,10,17-21,25H,4,6,8-9,11H2,1-3H3/t17?,18?,19?,20-,21+,22+/m1/s1. The SMILES string of the molecule is CC(=O)Oc1ccc2c(c1)CCC1C2CC[C@@]2(C)C1C[C@@H](OC(C)=O)[C@@H]2O. The van der Waals surface area contributed by atoms with E-state index in [-0.39, 0.29) is 23.5 Å². The zero-order valence-corrected chi connectivity index (χ0v) is 16.2. The Morgan fingerprint density at radius 1 is 1.19 bits per heavy atom. The molecule has 0 saturated heterocycles. The molecule has 0 amide bonds. The van der Waals surface area contributed by atoms with Crippen LogP contribution in [0.1, 0.15) is 63.5 Å². The first-order chi connectivity index (χ1) is 12.8. The first kappa shape index (κ1) is 18.5. The Balaban J connectivity index is 1.60. The molecule has 0 aliphatic heterocycles. The summed E-state index contributed by atoms with van der Waals surface area (Å²) in [6.07, 6.45) is 3.75. The molecular weight excluding hydrogens is 344 g/mol. The van der Waals surface area contributed by atoms with Crippen molar-refractivity contribution in [2.75, 3.05) is 0 Å². The van der Waals surface area contributed by atoms with Crippen LogP contribution in [-0.2, 0) is 20.7 Å². The van der Waals surface area contributed by atoms with Gasteiger partial charge in [-0.3, -0.25) is 9.59 Å². The Hall–Kier alpha value is -1.88. The van der Waals surface area contributed by atoms with Crippen molar-refractivity contribution in [1.29, 1.82) is 0 Å². The van der Waals surface area contributed by atoms with Crippen molar-refractivity contribution < 1.29 is 24.2 Å². The lowest BCUT2D eigenvalue weighted by molar-refractivity contribution is -0.153. The van der Waals surface area contributed by atoms with Gasteiger partial charge < -0.3 is 14.6 Å². The summed E-state index contributed by atoms with van der Waals surface area (Å²) in [5, 5.41) is 10.9. The van der Waals surface area contributed by atoms with Crippen LogP contribution in [-0.4, -0.2) is 29.3 Å². The van der Waals surface area contributed by atoms with E-state index in [9.17, 15) is 14.7 Å². The van der Waals surface area contributed by atoms with Gasteiger partial charge in [-0.2, -0.15) is 0 Å². The van der Waals surface area contributed by atoms with Crippen LogP contribution < -0.4 is 4.74 Å². The van der Waals surface area contributed by atoms with Crippen LogP contribution >= 0.6 is 0 Å². The highest BCUT2D eigenvalue weighted by atomic mass is 16.6. The van der Waals surface area contributed by atoms with Crippen LogP contribution in [0.25, 0.3) is 0 Å². The molecule has 2 fully saturated rings. The van der Waals surface area contributed by atoms with Crippen LogP contribution in [0, 0.1) is 17.3 Å². The molecule has 5 heteroatoms. The van der Waals surface area contributed by atoms with Crippen molar-refractivity contribution in [1.82, 2.24) is 0 Å². The number of esters is 2. The molecule has 3 aliphatic carbocycles. The molecule has 4 rings (SSSR count). The van der Waals surface area contributed by atoms with Crippen molar-refractivity contribution in [2.45, 2.75) is 71.0 Å². The molecule has 1 N–H and O–H groups in total. The van der Waals surface area contributed by atoms with Gasteiger partial charge in [0.15, 0.2) is 0 Å². The number of aliphatic hydroxyl groups excluding tert-OH is 1. The summed E-state index contributed by atoms with van der Waals surface area (Å²) < 4.78 is 10.7. The fourth-order valence-corrected chi connectivity index (χ4v) is 6.08.